The van der Waals surface area contributed by atoms with Gasteiger partial charge in [0.2, 0.25) is 0 Å². The quantitative estimate of drug-likeness (QED) is 0.666. The van der Waals surface area contributed by atoms with Gasteiger partial charge in [0, 0.05) is 29.4 Å². The molecule has 0 bridgehead atoms. The van der Waals surface area contributed by atoms with E-state index < -0.39 is 5.91 Å². The van der Waals surface area contributed by atoms with Gasteiger partial charge in [0.05, 0.1) is 11.0 Å². The second-order valence-corrected chi connectivity index (χ2v) is 7.32. The third kappa shape index (κ3) is 3.59. The Kier molecular flexibility index (Phi) is 4.45. The second-order valence-electron chi connectivity index (χ2n) is 6.30. The fourth-order valence-electron chi connectivity index (χ4n) is 2.82. The van der Waals surface area contributed by atoms with Crippen LogP contribution in [0.15, 0.2) is 52.0 Å². The monoisotopic (exact) mass is 380 g/mol. The number of thioether (sulfide) groups is 1. The van der Waals surface area contributed by atoms with Crippen molar-refractivity contribution in [1.82, 2.24) is 10.3 Å². The van der Waals surface area contributed by atoms with Gasteiger partial charge in [-0.25, -0.2) is 0 Å². The van der Waals surface area contributed by atoms with E-state index in [4.69, 9.17) is 9.15 Å². The number of rotatable bonds is 4. The van der Waals surface area contributed by atoms with Crippen LogP contribution in [0, 0.1) is 0 Å². The lowest BCUT2D eigenvalue weighted by molar-refractivity contribution is -0.115. The molecule has 7 heteroatoms. The smallest absolute Gasteiger partial charge is 0.290 e. The van der Waals surface area contributed by atoms with Crippen LogP contribution in [-0.4, -0.2) is 22.2 Å². The molecular weight excluding hydrogens is 364 g/mol. The third-order valence-electron chi connectivity index (χ3n) is 3.87. The first-order valence-electron chi connectivity index (χ1n) is 8.39. The average molecular weight is 380 g/mol. The molecule has 0 unspecified atom stereocenters. The number of benzene rings is 1. The molecule has 136 valence electrons. The predicted octanol–water partition coefficient (Wildman–Crippen LogP) is 4.61. The van der Waals surface area contributed by atoms with Gasteiger partial charge in [0.25, 0.3) is 11.1 Å². The predicted molar refractivity (Wildman–Crippen MR) is 104 cm³/mol. The van der Waals surface area contributed by atoms with E-state index >= 15 is 0 Å². The number of fused-ring (bicyclic) bond motifs is 1. The van der Waals surface area contributed by atoms with E-state index in [9.17, 15) is 9.59 Å². The maximum absolute atomic E-state index is 11.7. The Balaban J connectivity index is 1.75. The van der Waals surface area contributed by atoms with E-state index in [1.54, 1.807) is 24.5 Å². The molecule has 2 aromatic heterocycles. The summed E-state index contributed by atoms with van der Waals surface area (Å²) in [5.74, 6) is 0.842. The Hall–Kier alpha value is -3.06. The highest BCUT2D eigenvalue weighted by Crippen LogP contribution is 2.34. The molecule has 1 aromatic carbocycles. The SMILES string of the molecule is CC(C)Oc1cccc(-c2cncc3cc(C=C4SC(=O)NC4=O)oc23)c1. The average Bonchev–Trinajstić information content (AvgIpc) is 3.16. The van der Waals surface area contributed by atoms with Crippen LogP contribution in [0.1, 0.15) is 19.6 Å². The normalized spacial score (nSPS) is 15.7. The van der Waals surface area contributed by atoms with Crippen LogP contribution in [0.3, 0.4) is 0 Å². The van der Waals surface area contributed by atoms with E-state index in [1.807, 2.05) is 38.1 Å². The Morgan fingerprint density at radius 1 is 1.22 bits per heavy atom. The lowest BCUT2D eigenvalue weighted by Gasteiger charge is -2.11. The number of nitrogens with zero attached hydrogens (tertiary/aromatic N) is 1. The van der Waals surface area contributed by atoms with Crippen LogP contribution < -0.4 is 10.1 Å². The molecule has 2 amide bonds. The number of aromatic nitrogens is 1. The number of carbonyl (C=O) groups excluding carboxylic acids is 2. The molecule has 0 radical (unpaired) electrons. The number of furan rings is 1. The molecule has 3 heterocycles. The second kappa shape index (κ2) is 6.92. The fourth-order valence-corrected chi connectivity index (χ4v) is 3.48. The number of hydrogen-bond donors (Lipinski definition) is 1. The number of nitrogens with one attached hydrogen (secondary N) is 1. The first kappa shape index (κ1) is 17.4. The minimum Gasteiger partial charge on any atom is -0.491 e. The summed E-state index contributed by atoms with van der Waals surface area (Å²) in [7, 11) is 0. The molecule has 3 aromatic rings. The summed E-state index contributed by atoms with van der Waals surface area (Å²) in [6.45, 7) is 3.95. The van der Waals surface area contributed by atoms with Crippen molar-refractivity contribution in [2.45, 2.75) is 20.0 Å². The molecule has 0 saturated carbocycles. The molecule has 0 spiro atoms. The number of ether oxygens (including phenoxy) is 1. The summed E-state index contributed by atoms with van der Waals surface area (Å²) in [4.78, 5) is 27.6. The first-order valence-corrected chi connectivity index (χ1v) is 9.21. The highest BCUT2D eigenvalue weighted by atomic mass is 32.2. The van der Waals surface area contributed by atoms with E-state index in [1.165, 1.54) is 0 Å². The molecule has 4 rings (SSSR count). The molecule has 0 aliphatic carbocycles. The molecule has 1 fully saturated rings. The van der Waals surface area contributed by atoms with Crippen molar-refractivity contribution >= 4 is 40.0 Å². The molecule has 27 heavy (non-hydrogen) atoms. The topological polar surface area (TPSA) is 81.4 Å². The molecular formula is C20H16N2O4S. The van der Waals surface area contributed by atoms with Gasteiger partial charge < -0.3 is 9.15 Å². The molecule has 6 nitrogen and oxygen atoms in total. The largest absolute Gasteiger partial charge is 0.491 e. The van der Waals surface area contributed by atoms with Gasteiger partial charge in [-0.2, -0.15) is 0 Å². The van der Waals surface area contributed by atoms with Gasteiger partial charge in [-0.05, 0) is 49.4 Å². The van der Waals surface area contributed by atoms with Crippen molar-refractivity contribution < 1.29 is 18.7 Å². The Morgan fingerprint density at radius 2 is 2.07 bits per heavy atom. The van der Waals surface area contributed by atoms with Crippen molar-refractivity contribution in [3.8, 4) is 16.9 Å². The summed E-state index contributed by atoms with van der Waals surface area (Å²) in [6, 6.07) is 9.52. The minimum absolute atomic E-state index is 0.0776. The van der Waals surface area contributed by atoms with Crippen LogP contribution in [0.2, 0.25) is 0 Å². The molecule has 1 aliphatic rings. The van der Waals surface area contributed by atoms with E-state index in [0.717, 1.165) is 34.0 Å². The summed E-state index contributed by atoms with van der Waals surface area (Å²) in [5.41, 5.74) is 2.40. The van der Waals surface area contributed by atoms with E-state index in [2.05, 4.69) is 10.3 Å². The van der Waals surface area contributed by atoms with Gasteiger partial charge in [0.1, 0.15) is 17.1 Å². The summed E-state index contributed by atoms with van der Waals surface area (Å²) >= 11 is 0.856. The standard InChI is InChI=1S/C20H16N2O4S/c1-11(2)25-14-5-3-4-12(6-14)16-10-21-9-13-7-15(26-18(13)16)8-17-19(23)22-20(24)27-17/h3-11H,1-2H3,(H,22,23,24). The third-order valence-corrected chi connectivity index (χ3v) is 4.68. The lowest BCUT2D eigenvalue weighted by atomic mass is 10.1. The van der Waals surface area contributed by atoms with Crippen molar-refractivity contribution in [1.29, 1.82) is 0 Å². The van der Waals surface area contributed by atoms with Gasteiger partial charge in [-0.15, -0.1) is 0 Å². The molecule has 1 N–H and O–H groups in total. The Morgan fingerprint density at radius 3 is 2.81 bits per heavy atom. The van der Waals surface area contributed by atoms with Gasteiger partial charge in [-0.3, -0.25) is 19.9 Å². The van der Waals surface area contributed by atoms with Crippen molar-refractivity contribution in [3.05, 3.63) is 53.4 Å². The zero-order chi connectivity index (χ0) is 19.0. The van der Waals surface area contributed by atoms with Crippen molar-refractivity contribution in [2.75, 3.05) is 0 Å². The Bertz CT molecular complexity index is 1080. The number of imide groups is 1. The fraction of sp³-hybridized carbons (Fsp3) is 0.150. The van der Waals surface area contributed by atoms with Crippen LogP contribution in [-0.2, 0) is 4.79 Å². The zero-order valence-corrected chi connectivity index (χ0v) is 15.5. The highest BCUT2D eigenvalue weighted by Gasteiger charge is 2.25. The number of amides is 2. The minimum atomic E-state index is -0.415. The van der Waals surface area contributed by atoms with Crippen LogP contribution in [0.5, 0.6) is 5.75 Å². The van der Waals surface area contributed by atoms with Gasteiger partial charge in [-0.1, -0.05) is 12.1 Å². The van der Waals surface area contributed by atoms with Gasteiger partial charge in [0.15, 0.2) is 0 Å². The summed E-state index contributed by atoms with van der Waals surface area (Å²) < 4.78 is 11.7. The maximum atomic E-state index is 11.7. The van der Waals surface area contributed by atoms with Crippen LogP contribution in [0.4, 0.5) is 4.79 Å². The summed E-state index contributed by atoms with van der Waals surface area (Å²) in [6.07, 6.45) is 5.07. The number of carbonyl (C=O) groups is 2. The van der Waals surface area contributed by atoms with Crippen molar-refractivity contribution in [3.63, 3.8) is 0 Å². The van der Waals surface area contributed by atoms with Crippen molar-refractivity contribution in [2.24, 2.45) is 0 Å². The number of hydrogen-bond acceptors (Lipinski definition) is 6. The maximum Gasteiger partial charge on any atom is 0.290 e. The molecule has 1 aliphatic heterocycles. The van der Waals surface area contributed by atoms with Crippen LogP contribution in [0.25, 0.3) is 28.2 Å². The number of pyridine rings is 1. The van der Waals surface area contributed by atoms with Gasteiger partial charge >= 0.3 is 0 Å². The highest BCUT2D eigenvalue weighted by molar-refractivity contribution is 8.18. The van der Waals surface area contributed by atoms with Crippen LogP contribution >= 0.6 is 11.8 Å². The Labute approximate surface area is 159 Å². The van der Waals surface area contributed by atoms with E-state index in [0.29, 0.717) is 16.2 Å². The first-order chi connectivity index (χ1) is 13.0. The van der Waals surface area contributed by atoms with E-state index in [-0.39, 0.29) is 11.3 Å². The lowest BCUT2D eigenvalue weighted by Crippen LogP contribution is -2.17. The summed E-state index contributed by atoms with van der Waals surface area (Å²) in [5, 5.41) is 2.66. The zero-order valence-electron chi connectivity index (χ0n) is 14.7. The molecule has 0 atom stereocenters. The molecule has 1 saturated heterocycles.